The van der Waals surface area contributed by atoms with E-state index in [0.29, 0.717) is 23.7 Å². The first kappa shape index (κ1) is 20.9. The van der Waals surface area contributed by atoms with E-state index in [-0.39, 0.29) is 0 Å². The van der Waals surface area contributed by atoms with Crippen molar-refractivity contribution in [2.24, 2.45) is 0 Å². The second kappa shape index (κ2) is 10.1. The topological polar surface area (TPSA) is 73.9 Å². The third kappa shape index (κ3) is 5.80. The summed E-state index contributed by atoms with van der Waals surface area (Å²) in [6, 6.07) is 8.25. The van der Waals surface area contributed by atoms with Crippen LogP contribution in [0.15, 0.2) is 42.5 Å². The molecule has 2 aromatic carbocycles. The number of carbonyl (C=O) groups is 2. The van der Waals surface area contributed by atoms with Crippen molar-refractivity contribution in [3.05, 3.63) is 59.7 Å². The summed E-state index contributed by atoms with van der Waals surface area (Å²) in [4.78, 5) is 23.4. The Morgan fingerprint density at radius 2 is 1.82 bits per heavy atom. The molecule has 0 spiro atoms. The SMILES string of the molecule is CCOc1ccc(/C=C/C(=O)OCC(=O)Nc2c(F)cccc2F)cc1OC. The molecule has 0 aliphatic carbocycles. The zero-order valence-electron chi connectivity index (χ0n) is 15.3. The second-order valence-electron chi connectivity index (χ2n) is 5.43. The molecule has 0 aliphatic heterocycles. The van der Waals surface area contributed by atoms with E-state index >= 15 is 0 Å². The number of hydrogen-bond donors (Lipinski definition) is 1. The summed E-state index contributed by atoms with van der Waals surface area (Å²) in [6.45, 7) is 1.64. The minimum atomic E-state index is -0.927. The van der Waals surface area contributed by atoms with E-state index in [1.54, 1.807) is 18.2 Å². The molecule has 0 saturated carbocycles. The number of anilines is 1. The van der Waals surface area contributed by atoms with Crippen LogP contribution < -0.4 is 14.8 Å². The van der Waals surface area contributed by atoms with Gasteiger partial charge in [-0.05, 0) is 42.8 Å². The third-order valence-electron chi connectivity index (χ3n) is 3.47. The van der Waals surface area contributed by atoms with Crippen molar-refractivity contribution in [1.29, 1.82) is 0 Å². The molecule has 0 heterocycles. The molecule has 0 unspecified atom stereocenters. The highest BCUT2D eigenvalue weighted by atomic mass is 19.1. The smallest absolute Gasteiger partial charge is 0.331 e. The van der Waals surface area contributed by atoms with Crippen molar-refractivity contribution in [3.63, 3.8) is 0 Å². The number of benzene rings is 2. The minimum absolute atomic E-state index is 0.483. The number of methoxy groups -OCH3 is 1. The Kier molecular flexibility index (Phi) is 7.50. The summed E-state index contributed by atoms with van der Waals surface area (Å²) in [5.41, 5.74) is 0.0516. The third-order valence-corrected chi connectivity index (χ3v) is 3.47. The van der Waals surface area contributed by atoms with E-state index in [1.807, 2.05) is 12.2 Å². The number of rotatable bonds is 8. The van der Waals surface area contributed by atoms with E-state index < -0.39 is 35.8 Å². The number of para-hydroxylation sites is 1. The van der Waals surface area contributed by atoms with E-state index in [1.165, 1.54) is 19.3 Å². The predicted octanol–water partition coefficient (Wildman–Crippen LogP) is 3.57. The van der Waals surface area contributed by atoms with Gasteiger partial charge in [0, 0.05) is 6.08 Å². The fraction of sp³-hybridized carbons (Fsp3) is 0.200. The van der Waals surface area contributed by atoms with Gasteiger partial charge in [-0.25, -0.2) is 13.6 Å². The maximum atomic E-state index is 13.5. The van der Waals surface area contributed by atoms with Crippen LogP contribution in [-0.2, 0) is 14.3 Å². The van der Waals surface area contributed by atoms with E-state index in [2.05, 4.69) is 0 Å². The van der Waals surface area contributed by atoms with Crippen LogP contribution in [0.4, 0.5) is 14.5 Å². The van der Waals surface area contributed by atoms with Gasteiger partial charge in [-0.3, -0.25) is 4.79 Å². The second-order valence-corrected chi connectivity index (χ2v) is 5.43. The van der Waals surface area contributed by atoms with Crippen molar-refractivity contribution in [2.45, 2.75) is 6.92 Å². The molecule has 0 fully saturated rings. The normalized spacial score (nSPS) is 10.6. The predicted molar refractivity (Wildman–Crippen MR) is 99.1 cm³/mol. The van der Waals surface area contributed by atoms with Gasteiger partial charge in [-0.15, -0.1) is 0 Å². The molecule has 2 aromatic rings. The summed E-state index contributed by atoms with van der Waals surface area (Å²) in [5.74, 6) is -2.44. The number of esters is 1. The lowest BCUT2D eigenvalue weighted by atomic mass is 10.2. The molecule has 6 nitrogen and oxygen atoms in total. The number of amides is 1. The van der Waals surface area contributed by atoms with Crippen LogP contribution in [0.25, 0.3) is 6.08 Å². The molecular formula is C20H19F2NO5. The van der Waals surface area contributed by atoms with Crippen LogP contribution in [0.5, 0.6) is 11.5 Å². The van der Waals surface area contributed by atoms with Gasteiger partial charge >= 0.3 is 5.97 Å². The summed E-state index contributed by atoms with van der Waals surface area (Å²) in [5, 5.41) is 2.02. The largest absolute Gasteiger partial charge is 0.493 e. The molecule has 0 saturated heterocycles. The Morgan fingerprint density at radius 3 is 2.46 bits per heavy atom. The summed E-state index contributed by atoms with van der Waals surface area (Å²) < 4.78 is 42.3. The molecule has 0 aliphatic rings. The molecule has 28 heavy (non-hydrogen) atoms. The monoisotopic (exact) mass is 391 g/mol. The first-order valence-corrected chi connectivity index (χ1v) is 8.34. The highest BCUT2D eigenvalue weighted by Gasteiger charge is 2.13. The Bertz CT molecular complexity index is 863. The lowest BCUT2D eigenvalue weighted by Crippen LogP contribution is -2.21. The van der Waals surface area contributed by atoms with Gasteiger partial charge in [0.25, 0.3) is 5.91 Å². The van der Waals surface area contributed by atoms with Gasteiger partial charge in [-0.1, -0.05) is 12.1 Å². The van der Waals surface area contributed by atoms with E-state index in [9.17, 15) is 18.4 Å². The number of hydrogen-bond acceptors (Lipinski definition) is 5. The Morgan fingerprint density at radius 1 is 1.11 bits per heavy atom. The van der Waals surface area contributed by atoms with Gasteiger partial charge in [0.05, 0.1) is 13.7 Å². The number of nitrogens with one attached hydrogen (secondary N) is 1. The molecule has 1 amide bonds. The first-order valence-electron chi connectivity index (χ1n) is 8.34. The minimum Gasteiger partial charge on any atom is -0.493 e. The van der Waals surface area contributed by atoms with E-state index in [0.717, 1.165) is 18.2 Å². The highest BCUT2D eigenvalue weighted by Crippen LogP contribution is 2.28. The Hall–Kier alpha value is -3.42. The van der Waals surface area contributed by atoms with Gasteiger partial charge < -0.3 is 19.5 Å². The van der Waals surface area contributed by atoms with Gasteiger partial charge in [0.2, 0.25) is 0 Å². The number of carbonyl (C=O) groups excluding carboxylic acids is 2. The highest BCUT2D eigenvalue weighted by molar-refractivity contribution is 5.94. The molecule has 2 rings (SSSR count). The average molecular weight is 391 g/mol. The summed E-state index contributed by atoms with van der Waals surface area (Å²) >= 11 is 0. The lowest BCUT2D eigenvalue weighted by Gasteiger charge is -2.09. The molecular weight excluding hydrogens is 372 g/mol. The summed E-state index contributed by atoms with van der Waals surface area (Å²) in [6.07, 6.45) is 2.58. The fourth-order valence-corrected chi connectivity index (χ4v) is 2.20. The van der Waals surface area contributed by atoms with Crippen LogP contribution in [0.2, 0.25) is 0 Å². The average Bonchev–Trinajstić information content (AvgIpc) is 2.68. The lowest BCUT2D eigenvalue weighted by molar-refractivity contribution is -0.142. The molecule has 0 bridgehead atoms. The standard InChI is InChI=1S/C20H19F2NO5/c1-3-27-16-9-7-13(11-17(16)26-2)8-10-19(25)28-12-18(24)23-20-14(21)5-4-6-15(20)22/h4-11H,3,12H2,1-2H3,(H,23,24)/b10-8+. The molecule has 148 valence electrons. The fourth-order valence-electron chi connectivity index (χ4n) is 2.20. The Labute approximate surface area is 160 Å². The molecule has 8 heteroatoms. The maximum Gasteiger partial charge on any atom is 0.331 e. The van der Waals surface area contributed by atoms with Crippen molar-refractivity contribution in [3.8, 4) is 11.5 Å². The van der Waals surface area contributed by atoms with Crippen LogP contribution in [0.3, 0.4) is 0 Å². The quantitative estimate of drug-likeness (QED) is 0.550. The van der Waals surface area contributed by atoms with Gasteiger partial charge in [0.15, 0.2) is 18.1 Å². The molecule has 0 radical (unpaired) electrons. The molecule has 0 aromatic heterocycles. The van der Waals surface area contributed by atoms with Gasteiger partial charge in [-0.2, -0.15) is 0 Å². The van der Waals surface area contributed by atoms with Crippen LogP contribution in [0.1, 0.15) is 12.5 Å². The zero-order valence-corrected chi connectivity index (χ0v) is 15.3. The first-order chi connectivity index (χ1) is 13.4. The van der Waals surface area contributed by atoms with Crippen LogP contribution in [-0.4, -0.2) is 32.2 Å². The van der Waals surface area contributed by atoms with Crippen LogP contribution >= 0.6 is 0 Å². The Balaban J connectivity index is 1.90. The van der Waals surface area contributed by atoms with Crippen molar-refractivity contribution in [1.82, 2.24) is 0 Å². The van der Waals surface area contributed by atoms with Gasteiger partial charge in [0.1, 0.15) is 17.3 Å². The maximum absolute atomic E-state index is 13.5. The molecule has 1 N–H and O–H groups in total. The van der Waals surface area contributed by atoms with Crippen molar-refractivity contribution >= 4 is 23.6 Å². The summed E-state index contributed by atoms with van der Waals surface area (Å²) in [7, 11) is 1.50. The number of halogens is 2. The van der Waals surface area contributed by atoms with Crippen molar-refractivity contribution < 1.29 is 32.6 Å². The van der Waals surface area contributed by atoms with Crippen molar-refractivity contribution in [2.75, 3.05) is 25.6 Å². The zero-order chi connectivity index (χ0) is 20.5. The number of ether oxygens (including phenoxy) is 3. The van der Waals surface area contributed by atoms with E-state index in [4.69, 9.17) is 14.2 Å². The van der Waals surface area contributed by atoms with Crippen LogP contribution in [0, 0.1) is 11.6 Å². The molecule has 0 atom stereocenters.